The Labute approximate surface area is 79.9 Å². The molecule has 1 heterocycles. The van der Waals surface area contributed by atoms with Crippen LogP contribution < -0.4 is 5.32 Å². The van der Waals surface area contributed by atoms with Crippen molar-refractivity contribution in [2.75, 3.05) is 33.7 Å². The second-order valence-corrected chi connectivity index (χ2v) is 3.68. The molecule has 1 N–H and O–H groups in total. The van der Waals surface area contributed by atoms with Crippen molar-refractivity contribution < 1.29 is 4.79 Å². The van der Waals surface area contributed by atoms with Crippen molar-refractivity contribution in [2.24, 2.45) is 0 Å². The highest BCUT2D eigenvalue weighted by Crippen LogP contribution is 2.05. The van der Waals surface area contributed by atoms with Crippen molar-refractivity contribution in [3.63, 3.8) is 0 Å². The molecule has 1 fully saturated rings. The topological polar surface area (TPSA) is 35.6 Å². The van der Waals surface area contributed by atoms with E-state index in [-0.39, 0.29) is 12.1 Å². The SMILES string of the molecule is CC(N(C)C)N1CCNCCC1=O. The van der Waals surface area contributed by atoms with Gasteiger partial charge in [-0.05, 0) is 21.0 Å². The van der Waals surface area contributed by atoms with E-state index in [1.54, 1.807) is 0 Å². The van der Waals surface area contributed by atoms with Crippen LogP contribution in [0.15, 0.2) is 0 Å². The van der Waals surface area contributed by atoms with Gasteiger partial charge in [0.25, 0.3) is 0 Å². The fourth-order valence-corrected chi connectivity index (χ4v) is 1.46. The smallest absolute Gasteiger partial charge is 0.225 e. The summed E-state index contributed by atoms with van der Waals surface area (Å²) >= 11 is 0. The minimum absolute atomic E-state index is 0.201. The van der Waals surface area contributed by atoms with Crippen molar-refractivity contribution >= 4 is 5.91 Å². The van der Waals surface area contributed by atoms with E-state index in [9.17, 15) is 4.79 Å². The van der Waals surface area contributed by atoms with Crippen molar-refractivity contribution in [1.29, 1.82) is 0 Å². The van der Waals surface area contributed by atoms with Gasteiger partial charge in [0, 0.05) is 26.1 Å². The van der Waals surface area contributed by atoms with E-state index in [0.717, 1.165) is 19.6 Å². The minimum atomic E-state index is 0.201. The summed E-state index contributed by atoms with van der Waals surface area (Å²) in [4.78, 5) is 15.6. The molecule has 0 aromatic carbocycles. The van der Waals surface area contributed by atoms with Crippen molar-refractivity contribution in [3.05, 3.63) is 0 Å². The van der Waals surface area contributed by atoms with E-state index in [4.69, 9.17) is 0 Å². The van der Waals surface area contributed by atoms with Crippen LogP contribution in [0.5, 0.6) is 0 Å². The monoisotopic (exact) mass is 185 g/mol. The lowest BCUT2D eigenvalue weighted by Crippen LogP contribution is -2.47. The van der Waals surface area contributed by atoms with Crippen LogP contribution in [-0.4, -0.2) is 55.6 Å². The average molecular weight is 185 g/mol. The van der Waals surface area contributed by atoms with Crippen molar-refractivity contribution in [3.8, 4) is 0 Å². The highest BCUT2D eigenvalue weighted by Gasteiger charge is 2.22. The molecule has 0 radical (unpaired) electrons. The molecule has 1 aliphatic rings. The second kappa shape index (κ2) is 4.58. The summed E-state index contributed by atoms with van der Waals surface area (Å²) in [5.74, 6) is 0.256. The maximum Gasteiger partial charge on any atom is 0.225 e. The normalized spacial score (nSPS) is 21.8. The van der Waals surface area contributed by atoms with E-state index in [0.29, 0.717) is 6.42 Å². The van der Waals surface area contributed by atoms with Gasteiger partial charge in [0.05, 0.1) is 6.17 Å². The Morgan fingerprint density at radius 2 is 2.15 bits per heavy atom. The van der Waals surface area contributed by atoms with E-state index in [1.807, 2.05) is 19.0 Å². The maximum atomic E-state index is 11.6. The molecule has 13 heavy (non-hydrogen) atoms. The Morgan fingerprint density at radius 1 is 1.46 bits per heavy atom. The molecule has 1 rings (SSSR count). The number of amides is 1. The molecule has 0 bridgehead atoms. The average Bonchev–Trinajstić information content (AvgIpc) is 2.28. The molecule has 0 aromatic rings. The summed E-state index contributed by atoms with van der Waals surface area (Å²) in [5, 5.41) is 3.22. The molecule has 1 amide bonds. The number of nitrogens with zero attached hydrogens (tertiary/aromatic N) is 2. The number of carbonyl (C=O) groups excluding carboxylic acids is 1. The summed E-state index contributed by atoms with van der Waals surface area (Å²) in [6.07, 6.45) is 0.824. The molecular weight excluding hydrogens is 166 g/mol. The van der Waals surface area contributed by atoms with E-state index < -0.39 is 0 Å². The third kappa shape index (κ3) is 2.67. The summed E-state index contributed by atoms with van der Waals surface area (Å²) in [6.45, 7) is 4.60. The number of hydrogen-bond acceptors (Lipinski definition) is 3. The lowest BCUT2D eigenvalue weighted by molar-refractivity contribution is -0.135. The molecule has 4 heteroatoms. The van der Waals surface area contributed by atoms with Crippen LogP contribution in [0.3, 0.4) is 0 Å². The van der Waals surface area contributed by atoms with Crippen molar-refractivity contribution in [1.82, 2.24) is 15.1 Å². The van der Waals surface area contributed by atoms with Crippen LogP contribution in [0, 0.1) is 0 Å². The van der Waals surface area contributed by atoms with Gasteiger partial charge in [-0.1, -0.05) is 0 Å². The molecule has 1 atom stereocenters. The Kier molecular flexibility index (Phi) is 3.69. The zero-order valence-electron chi connectivity index (χ0n) is 8.71. The Balaban J connectivity index is 2.58. The number of hydrogen-bond donors (Lipinski definition) is 1. The molecule has 0 spiro atoms. The first kappa shape index (κ1) is 10.5. The summed E-state index contributed by atoms with van der Waals surface area (Å²) < 4.78 is 0. The molecule has 0 aliphatic carbocycles. The standard InChI is InChI=1S/C9H19N3O/c1-8(11(2)3)12-7-6-10-5-4-9(12)13/h8,10H,4-7H2,1-3H3. The van der Waals surface area contributed by atoms with E-state index in [1.165, 1.54) is 0 Å². The lowest BCUT2D eigenvalue weighted by atomic mass is 10.3. The van der Waals surface area contributed by atoms with Gasteiger partial charge in [-0.25, -0.2) is 0 Å². The maximum absolute atomic E-state index is 11.6. The number of carbonyl (C=O) groups is 1. The van der Waals surface area contributed by atoms with Gasteiger partial charge in [0.15, 0.2) is 0 Å². The highest BCUT2D eigenvalue weighted by atomic mass is 16.2. The largest absolute Gasteiger partial charge is 0.326 e. The van der Waals surface area contributed by atoms with Crippen LogP contribution >= 0.6 is 0 Å². The predicted molar refractivity (Wildman–Crippen MR) is 52.3 cm³/mol. The minimum Gasteiger partial charge on any atom is -0.326 e. The number of nitrogens with one attached hydrogen (secondary N) is 1. The Bertz CT molecular complexity index is 182. The summed E-state index contributed by atoms with van der Waals surface area (Å²) in [5.41, 5.74) is 0. The lowest BCUT2D eigenvalue weighted by Gasteiger charge is -2.32. The molecular formula is C9H19N3O. The molecule has 4 nitrogen and oxygen atoms in total. The van der Waals surface area contributed by atoms with Gasteiger partial charge in [0.2, 0.25) is 5.91 Å². The quantitative estimate of drug-likeness (QED) is 0.642. The Morgan fingerprint density at radius 3 is 2.77 bits per heavy atom. The summed E-state index contributed by atoms with van der Waals surface area (Å²) in [7, 11) is 3.99. The van der Waals surface area contributed by atoms with Gasteiger partial charge in [-0.2, -0.15) is 0 Å². The third-order valence-corrected chi connectivity index (χ3v) is 2.56. The molecule has 76 valence electrons. The molecule has 1 unspecified atom stereocenters. The zero-order chi connectivity index (χ0) is 9.84. The van der Waals surface area contributed by atoms with Gasteiger partial charge in [-0.3, -0.25) is 9.69 Å². The van der Waals surface area contributed by atoms with Gasteiger partial charge < -0.3 is 10.2 Å². The second-order valence-electron chi connectivity index (χ2n) is 3.68. The highest BCUT2D eigenvalue weighted by molar-refractivity contribution is 5.76. The first-order valence-electron chi connectivity index (χ1n) is 4.79. The van der Waals surface area contributed by atoms with E-state index >= 15 is 0 Å². The van der Waals surface area contributed by atoms with Gasteiger partial charge in [0.1, 0.15) is 0 Å². The third-order valence-electron chi connectivity index (χ3n) is 2.56. The molecule has 0 saturated carbocycles. The zero-order valence-corrected chi connectivity index (χ0v) is 8.71. The first-order valence-corrected chi connectivity index (χ1v) is 4.79. The molecule has 1 aliphatic heterocycles. The fraction of sp³-hybridized carbons (Fsp3) is 0.889. The van der Waals surface area contributed by atoms with Crippen LogP contribution in [0.1, 0.15) is 13.3 Å². The first-order chi connectivity index (χ1) is 6.13. The van der Waals surface area contributed by atoms with Crippen LogP contribution in [0.4, 0.5) is 0 Å². The Hall–Kier alpha value is -0.610. The van der Waals surface area contributed by atoms with E-state index in [2.05, 4.69) is 17.1 Å². The van der Waals surface area contributed by atoms with Crippen LogP contribution in [0.2, 0.25) is 0 Å². The predicted octanol–water partition coefficient (Wildman–Crippen LogP) is -0.284. The van der Waals surface area contributed by atoms with Crippen LogP contribution in [0.25, 0.3) is 0 Å². The molecule has 0 aromatic heterocycles. The fourth-order valence-electron chi connectivity index (χ4n) is 1.46. The molecule has 1 saturated heterocycles. The van der Waals surface area contributed by atoms with Crippen molar-refractivity contribution in [2.45, 2.75) is 19.5 Å². The summed E-state index contributed by atoms with van der Waals surface area (Å²) in [6, 6.07) is 0. The van der Waals surface area contributed by atoms with Gasteiger partial charge >= 0.3 is 0 Å². The number of rotatable bonds is 2. The van der Waals surface area contributed by atoms with Gasteiger partial charge in [-0.15, -0.1) is 0 Å². The van der Waals surface area contributed by atoms with Crippen LogP contribution in [-0.2, 0) is 4.79 Å².